The molecule has 0 fully saturated rings. The summed E-state index contributed by atoms with van der Waals surface area (Å²) in [4.78, 5) is 0. The maximum Gasteiger partial charge on any atom is 0.530 e. The smallest absolute Gasteiger partial charge is 0.408 e. The van der Waals surface area contributed by atoms with Crippen LogP contribution in [0.2, 0.25) is 0 Å². The standard InChI is InChI=1S/C54H48O6P2.C50H40O6P2/c1-31-17-21-35(5)51-43(31)29-44-32(2)18-22-36(6)52(44)58-61(57-51)55-47-27-25-39-13-9-11-15-41(39)49(47)50-42-16-12-10-14-40(42)26-28-48(50)56-62-59-53-37(7)23-19-33(3)45(53)30-46-34(4)20-24-38(8)54(46)60-62;1-31-13-9-19-37-29-38-20-10-14-32(2)48(38)54-57(53-47(31)37)51-43-27-25-35-17-5-7-23-41(35)45(43)46-42-24-8-6-18-36(42)26-28-44(46)52-58-55-49-33(3)15-11-21-39(49)30-40-22-12-16-34(4)50(40)56-58/h9-28H,29-30H2,1-8H3;5-28H,29-30H2,1-4H3. The van der Waals surface area contributed by atoms with Gasteiger partial charge in [-0.05, 0) is 239 Å². The van der Waals surface area contributed by atoms with Crippen LogP contribution in [0, 0.1) is 83.1 Å². The SMILES string of the molecule is Cc1ccc(C)c2c1Cc1c(C)ccc(C)c1OP(Oc1ccc3ccccc3c1-c1c(OP3Oc4c(C)ccc(C)c4Cc4c(C)ccc(C)c4O3)ccc3ccccc13)O2.Cc1cccc2c1OP(Oc1ccc3ccccc3c1-c1c(OP3Oc4c(C)cccc4Cc4cccc(C)c4O3)ccc3ccccc13)Oc1c(C)cccc1C2. The number of hydrogen-bond donors (Lipinski definition) is 0. The molecule has 0 aliphatic carbocycles. The molecule has 16 aromatic rings. The first-order chi connectivity index (χ1) is 58.4. The van der Waals surface area contributed by atoms with Crippen molar-refractivity contribution in [3.8, 4) is 91.2 Å². The maximum absolute atomic E-state index is 7.18. The molecule has 0 atom stereocenters. The second-order valence-electron chi connectivity index (χ2n) is 31.6. The van der Waals surface area contributed by atoms with Crippen LogP contribution in [0.1, 0.15) is 111 Å². The van der Waals surface area contributed by atoms with Crippen LogP contribution < -0.4 is 54.3 Å². The summed E-state index contributed by atoms with van der Waals surface area (Å²) in [6.45, 7) is 25.2. The number of rotatable bonds is 10. The van der Waals surface area contributed by atoms with Gasteiger partial charge in [0.05, 0.1) is 0 Å². The molecule has 12 nitrogen and oxygen atoms in total. The number of benzene rings is 16. The summed E-state index contributed by atoms with van der Waals surface area (Å²) < 4.78 is 83.4. The predicted molar refractivity (Wildman–Crippen MR) is 489 cm³/mol. The Morgan fingerprint density at radius 3 is 0.617 bits per heavy atom. The third-order valence-electron chi connectivity index (χ3n) is 23.5. The molecule has 0 unspecified atom stereocenters. The maximum atomic E-state index is 7.18. The van der Waals surface area contributed by atoms with Gasteiger partial charge in [0.15, 0.2) is 0 Å². The lowest BCUT2D eigenvalue weighted by molar-refractivity contribution is 0.376. The van der Waals surface area contributed by atoms with Gasteiger partial charge in [-0.25, -0.2) is 0 Å². The van der Waals surface area contributed by atoms with Crippen molar-refractivity contribution in [2.24, 2.45) is 0 Å². The largest absolute Gasteiger partial charge is 0.530 e. The quantitative estimate of drug-likeness (QED) is 0.122. The third kappa shape index (κ3) is 14.9. The Kier molecular flexibility index (Phi) is 21.1. The summed E-state index contributed by atoms with van der Waals surface area (Å²) in [5.74, 6) is 8.76. The fourth-order valence-corrected chi connectivity index (χ4v) is 21.9. The molecule has 0 aromatic heterocycles. The van der Waals surface area contributed by atoms with Crippen molar-refractivity contribution < 1.29 is 54.3 Å². The zero-order valence-electron chi connectivity index (χ0n) is 68.9. The van der Waals surface area contributed by atoms with Gasteiger partial charge < -0.3 is 54.3 Å². The first-order valence-corrected chi connectivity index (χ1v) is 44.9. The summed E-state index contributed by atoms with van der Waals surface area (Å²) in [5, 5.41) is 8.19. The van der Waals surface area contributed by atoms with E-state index in [2.05, 4.69) is 326 Å². The monoisotopic (exact) mass is 1650 g/mol. The minimum Gasteiger partial charge on any atom is -0.408 e. The van der Waals surface area contributed by atoms with Crippen molar-refractivity contribution in [2.45, 2.75) is 109 Å². The van der Waals surface area contributed by atoms with Gasteiger partial charge in [-0.3, -0.25) is 0 Å². The second kappa shape index (κ2) is 32.5. The lowest BCUT2D eigenvalue weighted by atomic mass is 9.92. The van der Waals surface area contributed by atoms with Crippen LogP contribution in [0.5, 0.6) is 69.0 Å². The highest BCUT2D eigenvalue weighted by atomic mass is 31.2. The average molecular weight is 1650 g/mol. The zero-order valence-corrected chi connectivity index (χ0v) is 72.5. The molecular formula is C104H88O12P4. The lowest BCUT2D eigenvalue weighted by Crippen LogP contribution is -2.13. The molecule has 16 heteroatoms. The van der Waals surface area contributed by atoms with Crippen LogP contribution in [0.15, 0.2) is 267 Å². The van der Waals surface area contributed by atoms with Crippen LogP contribution in [0.3, 0.4) is 0 Å². The molecule has 120 heavy (non-hydrogen) atoms. The first-order valence-electron chi connectivity index (χ1n) is 40.5. The van der Waals surface area contributed by atoms with Crippen molar-refractivity contribution in [3.05, 3.63) is 378 Å². The summed E-state index contributed by atoms with van der Waals surface area (Å²) in [5.41, 5.74) is 25.2. The zero-order chi connectivity index (χ0) is 82.1. The van der Waals surface area contributed by atoms with E-state index in [4.69, 9.17) is 54.3 Å². The van der Waals surface area contributed by atoms with Gasteiger partial charge >= 0.3 is 34.4 Å². The van der Waals surface area contributed by atoms with E-state index >= 15 is 0 Å². The molecule has 0 radical (unpaired) electrons. The molecule has 0 amide bonds. The normalized spacial score (nSPS) is 13.8. The molecule has 596 valence electrons. The molecule has 4 heterocycles. The van der Waals surface area contributed by atoms with Crippen molar-refractivity contribution in [1.82, 2.24) is 0 Å². The number of para-hydroxylation sites is 4. The molecule has 0 spiro atoms. The molecule has 0 N–H and O–H groups in total. The van der Waals surface area contributed by atoms with Crippen LogP contribution in [0.4, 0.5) is 0 Å². The van der Waals surface area contributed by atoms with Gasteiger partial charge in [-0.2, -0.15) is 0 Å². The Morgan fingerprint density at radius 2 is 0.383 bits per heavy atom. The van der Waals surface area contributed by atoms with E-state index in [9.17, 15) is 0 Å². The van der Waals surface area contributed by atoms with Gasteiger partial charge in [0.25, 0.3) is 0 Å². The summed E-state index contributed by atoms with van der Waals surface area (Å²) in [6, 6.07) is 92.1. The minimum absolute atomic E-state index is 0.603. The number of hydrogen-bond acceptors (Lipinski definition) is 12. The Balaban J connectivity index is 0.000000159. The van der Waals surface area contributed by atoms with Crippen molar-refractivity contribution in [2.75, 3.05) is 0 Å². The van der Waals surface area contributed by atoms with Crippen LogP contribution in [-0.2, 0) is 25.7 Å². The van der Waals surface area contributed by atoms with Gasteiger partial charge in [0.1, 0.15) is 69.0 Å². The van der Waals surface area contributed by atoms with Gasteiger partial charge in [-0.15, -0.1) is 0 Å². The first kappa shape index (κ1) is 77.8. The molecule has 0 bridgehead atoms. The van der Waals surface area contributed by atoms with E-state index in [0.29, 0.717) is 48.7 Å². The Labute approximate surface area is 705 Å². The topological polar surface area (TPSA) is 111 Å². The lowest BCUT2D eigenvalue weighted by Gasteiger charge is -2.29. The summed E-state index contributed by atoms with van der Waals surface area (Å²) in [7, 11) is -8.01. The van der Waals surface area contributed by atoms with E-state index < -0.39 is 34.4 Å². The average Bonchev–Trinajstić information content (AvgIpc) is 0.754. The van der Waals surface area contributed by atoms with Gasteiger partial charge in [0.2, 0.25) is 0 Å². The van der Waals surface area contributed by atoms with E-state index in [1.807, 2.05) is 24.3 Å². The highest BCUT2D eigenvalue weighted by Gasteiger charge is 2.38. The Morgan fingerprint density at radius 1 is 0.183 bits per heavy atom. The minimum atomic E-state index is -2.02. The summed E-state index contributed by atoms with van der Waals surface area (Å²) in [6.07, 6.45) is 2.78. The van der Waals surface area contributed by atoms with Crippen LogP contribution in [-0.4, -0.2) is 0 Å². The van der Waals surface area contributed by atoms with Crippen LogP contribution in [0.25, 0.3) is 65.3 Å². The van der Waals surface area contributed by atoms with E-state index in [-0.39, 0.29) is 0 Å². The molecule has 20 rings (SSSR count). The van der Waals surface area contributed by atoms with Crippen LogP contribution >= 0.6 is 34.4 Å². The van der Waals surface area contributed by atoms with E-state index in [1.165, 1.54) is 22.3 Å². The van der Waals surface area contributed by atoms with Gasteiger partial charge in [-0.1, -0.05) is 243 Å². The fourth-order valence-electron chi connectivity index (χ4n) is 16.9. The molecule has 16 aromatic carbocycles. The summed E-state index contributed by atoms with van der Waals surface area (Å²) >= 11 is 0. The second-order valence-corrected chi connectivity index (χ2v) is 35.6. The Bertz CT molecular complexity index is 6170. The van der Waals surface area contributed by atoms with Crippen molar-refractivity contribution >= 4 is 77.5 Å². The number of aryl methyl sites for hydroxylation is 12. The molecule has 0 saturated carbocycles. The highest BCUT2D eigenvalue weighted by molar-refractivity contribution is 7.44. The number of fused-ring (bicyclic) bond motifs is 12. The van der Waals surface area contributed by atoms with E-state index in [1.54, 1.807) is 0 Å². The Hall–Kier alpha value is -12.1. The van der Waals surface area contributed by atoms with Crippen molar-refractivity contribution in [1.29, 1.82) is 0 Å². The third-order valence-corrected chi connectivity index (χ3v) is 27.5. The molecule has 4 aliphatic heterocycles. The van der Waals surface area contributed by atoms with E-state index in [0.717, 1.165) is 200 Å². The molecular weight excluding hydrogens is 1570 g/mol. The molecule has 4 aliphatic rings. The fraction of sp³-hybridized carbons (Fsp3) is 0.154. The predicted octanol–water partition coefficient (Wildman–Crippen LogP) is 29.7. The van der Waals surface area contributed by atoms with Gasteiger partial charge in [0, 0.05) is 70.2 Å². The molecule has 0 saturated heterocycles. The highest BCUT2D eigenvalue weighted by Crippen LogP contribution is 2.60. The van der Waals surface area contributed by atoms with Crippen molar-refractivity contribution in [3.63, 3.8) is 0 Å².